The van der Waals surface area contributed by atoms with Crippen molar-refractivity contribution < 1.29 is 9.59 Å². The van der Waals surface area contributed by atoms with E-state index in [2.05, 4.69) is 5.32 Å². The molecule has 1 fully saturated rings. The number of nitrogens with one attached hydrogen (secondary N) is 1. The van der Waals surface area contributed by atoms with E-state index in [9.17, 15) is 9.59 Å². The number of rotatable bonds is 1. The number of ketones is 1. The van der Waals surface area contributed by atoms with Gasteiger partial charge in [0.1, 0.15) is 5.78 Å². The van der Waals surface area contributed by atoms with Gasteiger partial charge < -0.3 is 5.32 Å². The molecule has 1 atom stereocenters. The standard InChI is InChI=1S/C8H13NO2/c1-5(2)7-3-6(10)4-8(11)9-7/h5,7H,3-4H2,1-2H3,(H,9,11). The summed E-state index contributed by atoms with van der Waals surface area (Å²) in [5, 5.41) is 2.79. The number of hydrogen-bond donors (Lipinski definition) is 1. The van der Waals surface area contributed by atoms with E-state index in [1.54, 1.807) is 0 Å². The van der Waals surface area contributed by atoms with Gasteiger partial charge >= 0.3 is 0 Å². The summed E-state index contributed by atoms with van der Waals surface area (Å²) < 4.78 is 0. The molecule has 0 aliphatic carbocycles. The highest BCUT2D eigenvalue weighted by molar-refractivity contribution is 6.00. The zero-order chi connectivity index (χ0) is 8.43. The van der Waals surface area contributed by atoms with E-state index in [0.717, 1.165) is 0 Å². The van der Waals surface area contributed by atoms with Crippen molar-refractivity contribution in [2.24, 2.45) is 5.92 Å². The summed E-state index contributed by atoms with van der Waals surface area (Å²) in [5.74, 6) is 0.288. The molecule has 1 amide bonds. The van der Waals surface area contributed by atoms with Crippen LogP contribution in [0.5, 0.6) is 0 Å². The molecule has 1 heterocycles. The van der Waals surface area contributed by atoms with Crippen molar-refractivity contribution >= 4 is 11.7 Å². The fraction of sp³-hybridized carbons (Fsp3) is 0.750. The van der Waals surface area contributed by atoms with Crippen LogP contribution in [0.25, 0.3) is 0 Å². The molecular formula is C8H13NO2. The Labute approximate surface area is 66.2 Å². The Balaban J connectivity index is 2.56. The Hall–Kier alpha value is -0.860. The highest BCUT2D eigenvalue weighted by atomic mass is 16.2. The van der Waals surface area contributed by atoms with Gasteiger partial charge in [-0.05, 0) is 5.92 Å². The number of Topliss-reactive ketones (excluding diaryl/α,β-unsaturated/α-hetero) is 1. The van der Waals surface area contributed by atoms with E-state index >= 15 is 0 Å². The summed E-state index contributed by atoms with van der Waals surface area (Å²) >= 11 is 0. The molecule has 0 bridgehead atoms. The average molecular weight is 155 g/mol. The van der Waals surface area contributed by atoms with E-state index in [-0.39, 0.29) is 24.2 Å². The number of piperidine rings is 1. The minimum absolute atomic E-state index is 0.0590. The Bertz CT molecular complexity index is 171. The minimum atomic E-state index is -0.125. The van der Waals surface area contributed by atoms with Crippen LogP contribution in [0.1, 0.15) is 26.7 Å². The molecule has 1 rings (SSSR count). The van der Waals surface area contributed by atoms with Crippen LogP contribution in [0, 0.1) is 5.92 Å². The van der Waals surface area contributed by atoms with Crippen molar-refractivity contribution in [3.63, 3.8) is 0 Å². The lowest BCUT2D eigenvalue weighted by molar-refractivity contribution is -0.132. The van der Waals surface area contributed by atoms with E-state index in [0.29, 0.717) is 12.3 Å². The molecule has 0 spiro atoms. The first-order chi connectivity index (χ1) is 5.09. The fourth-order valence-corrected chi connectivity index (χ4v) is 1.21. The monoisotopic (exact) mass is 155 g/mol. The summed E-state index contributed by atoms with van der Waals surface area (Å²) in [7, 11) is 0. The van der Waals surface area contributed by atoms with Gasteiger partial charge in [-0.3, -0.25) is 9.59 Å². The highest BCUT2D eigenvalue weighted by Gasteiger charge is 2.25. The predicted molar refractivity (Wildman–Crippen MR) is 41.0 cm³/mol. The third-order valence-electron chi connectivity index (χ3n) is 1.96. The smallest absolute Gasteiger partial charge is 0.227 e. The number of carbonyl (C=O) groups excluding carboxylic acids is 2. The van der Waals surface area contributed by atoms with Crippen LogP contribution in [0.4, 0.5) is 0 Å². The fourth-order valence-electron chi connectivity index (χ4n) is 1.21. The van der Waals surface area contributed by atoms with Gasteiger partial charge in [0, 0.05) is 12.5 Å². The summed E-state index contributed by atoms with van der Waals surface area (Å²) in [4.78, 5) is 21.8. The largest absolute Gasteiger partial charge is 0.352 e. The number of amides is 1. The molecule has 0 aromatic heterocycles. The number of carbonyl (C=O) groups is 2. The second-order valence-corrected chi connectivity index (χ2v) is 3.34. The lowest BCUT2D eigenvalue weighted by Gasteiger charge is -2.25. The second-order valence-electron chi connectivity index (χ2n) is 3.34. The maximum absolute atomic E-state index is 10.9. The van der Waals surface area contributed by atoms with Gasteiger partial charge in [0.2, 0.25) is 5.91 Å². The Morgan fingerprint density at radius 1 is 1.45 bits per heavy atom. The van der Waals surface area contributed by atoms with Gasteiger partial charge in [0.25, 0.3) is 0 Å². The molecule has 1 aliphatic rings. The van der Waals surface area contributed by atoms with Crippen LogP contribution in [-0.4, -0.2) is 17.7 Å². The molecule has 3 nitrogen and oxygen atoms in total. The maximum Gasteiger partial charge on any atom is 0.227 e. The Morgan fingerprint density at radius 2 is 2.09 bits per heavy atom. The molecule has 62 valence electrons. The molecule has 1 saturated heterocycles. The first kappa shape index (κ1) is 8.24. The molecule has 0 aromatic rings. The van der Waals surface area contributed by atoms with Crippen molar-refractivity contribution in [2.45, 2.75) is 32.7 Å². The van der Waals surface area contributed by atoms with Crippen molar-refractivity contribution in [1.82, 2.24) is 5.32 Å². The van der Waals surface area contributed by atoms with Crippen molar-refractivity contribution in [3.05, 3.63) is 0 Å². The zero-order valence-corrected chi connectivity index (χ0v) is 6.89. The van der Waals surface area contributed by atoms with Crippen LogP contribution < -0.4 is 5.32 Å². The summed E-state index contributed by atoms with van der Waals surface area (Å²) in [5.41, 5.74) is 0. The van der Waals surface area contributed by atoms with Gasteiger partial charge in [-0.15, -0.1) is 0 Å². The Kier molecular flexibility index (Phi) is 2.27. The van der Waals surface area contributed by atoms with Gasteiger partial charge in [-0.25, -0.2) is 0 Å². The predicted octanol–water partition coefficient (Wildman–Crippen LogP) is 0.490. The van der Waals surface area contributed by atoms with Crippen LogP contribution in [0.3, 0.4) is 0 Å². The molecule has 0 aromatic carbocycles. The van der Waals surface area contributed by atoms with E-state index in [1.165, 1.54) is 0 Å². The molecule has 1 N–H and O–H groups in total. The summed E-state index contributed by atoms with van der Waals surface area (Å²) in [6.45, 7) is 4.01. The quantitative estimate of drug-likeness (QED) is 0.560. The molecule has 3 heteroatoms. The van der Waals surface area contributed by atoms with Crippen LogP contribution in [0.15, 0.2) is 0 Å². The number of hydrogen-bond acceptors (Lipinski definition) is 2. The Morgan fingerprint density at radius 3 is 2.55 bits per heavy atom. The van der Waals surface area contributed by atoms with Crippen molar-refractivity contribution in [3.8, 4) is 0 Å². The molecule has 1 aliphatic heterocycles. The van der Waals surface area contributed by atoms with Crippen molar-refractivity contribution in [1.29, 1.82) is 0 Å². The lowest BCUT2D eigenvalue weighted by atomic mass is 9.94. The molecular weight excluding hydrogens is 142 g/mol. The highest BCUT2D eigenvalue weighted by Crippen LogP contribution is 2.12. The van der Waals surface area contributed by atoms with Gasteiger partial charge in [-0.2, -0.15) is 0 Å². The topological polar surface area (TPSA) is 46.2 Å². The van der Waals surface area contributed by atoms with Gasteiger partial charge in [-0.1, -0.05) is 13.8 Å². The normalized spacial score (nSPS) is 25.5. The molecule has 11 heavy (non-hydrogen) atoms. The maximum atomic E-state index is 10.9. The second kappa shape index (κ2) is 3.03. The third-order valence-corrected chi connectivity index (χ3v) is 1.96. The van der Waals surface area contributed by atoms with Crippen LogP contribution in [-0.2, 0) is 9.59 Å². The van der Waals surface area contributed by atoms with E-state index < -0.39 is 0 Å². The van der Waals surface area contributed by atoms with Crippen molar-refractivity contribution in [2.75, 3.05) is 0 Å². The molecule has 1 unspecified atom stereocenters. The summed E-state index contributed by atoms with van der Waals surface area (Å²) in [6, 6.07) is 0.0590. The SMILES string of the molecule is CC(C)C1CC(=O)CC(=O)N1. The molecule has 0 radical (unpaired) electrons. The first-order valence-electron chi connectivity index (χ1n) is 3.90. The van der Waals surface area contributed by atoms with Gasteiger partial charge in [0.15, 0.2) is 0 Å². The van der Waals surface area contributed by atoms with Crippen LogP contribution in [0.2, 0.25) is 0 Å². The van der Waals surface area contributed by atoms with Crippen LogP contribution >= 0.6 is 0 Å². The summed E-state index contributed by atoms with van der Waals surface area (Å²) in [6.07, 6.45) is 0.576. The zero-order valence-electron chi connectivity index (χ0n) is 6.89. The average Bonchev–Trinajstić information content (AvgIpc) is 1.85. The lowest BCUT2D eigenvalue weighted by Crippen LogP contribution is -2.45. The van der Waals surface area contributed by atoms with E-state index in [1.807, 2.05) is 13.8 Å². The minimum Gasteiger partial charge on any atom is -0.352 e. The molecule has 0 saturated carbocycles. The van der Waals surface area contributed by atoms with E-state index in [4.69, 9.17) is 0 Å². The first-order valence-corrected chi connectivity index (χ1v) is 3.90. The van der Waals surface area contributed by atoms with Gasteiger partial charge in [0.05, 0.1) is 6.42 Å². The third kappa shape index (κ3) is 2.03.